The number of aromatic carboxylic acids is 1. The van der Waals surface area contributed by atoms with Crippen molar-refractivity contribution in [3.63, 3.8) is 0 Å². The fourth-order valence-electron chi connectivity index (χ4n) is 4.04. The van der Waals surface area contributed by atoms with Gasteiger partial charge in [0, 0.05) is 43.7 Å². The van der Waals surface area contributed by atoms with Gasteiger partial charge in [0.05, 0.1) is 16.9 Å². The number of anilines is 2. The average Bonchev–Trinajstić information content (AvgIpc) is 3.41. The molecule has 4 rings (SSSR count). The van der Waals surface area contributed by atoms with Crippen LogP contribution in [0.25, 0.3) is 10.9 Å². The van der Waals surface area contributed by atoms with E-state index in [0.717, 1.165) is 55.8 Å². The van der Waals surface area contributed by atoms with Gasteiger partial charge in [-0.25, -0.2) is 4.79 Å². The van der Waals surface area contributed by atoms with E-state index in [2.05, 4.69) is 16.8 Å². The number of aryl methyl sites for hydroxylation is 1. The van der Waals surface area contributed by atoms with Gasteiger partial charge < -0.3 is 25.2 Å². The van der Waals surface area contributed by atoms with Crippen molar-refractivity contribution >= 4 is 28.2 Å². The summed E-state index contributed by atoms with van der Waals surface area (Å²) in [6.07, 6.45) is 1.87. The van der Waals surface area contributed by atoms with E-state index in [-0.39, 0.29) is 17.2 Å². The van der Waals surface area contributed by atoms with Crippen molar-refractivity contribution in [3.05, 3.63) is 33.6 Å². The van der Waals surface area contributed by atoms with E-state index < -0.39 is 5.97 Å². The third-order valence-corrected chi connectivity index (χ3v) is 5.52. The number of nitrogen functional groups attached to an aromatic ring is 1. The zero-order valence-corrected chi connectivity index (χ0v) is 15.2. The summed E-state index contributed by atoms with van der Waals surface area (Å²) in [5, 5.41) is 10.1. The number of carboxylic acids is 1. The number of hydrogen-bond acceptors (Lipinski definition) is 5. The fourth-order valence-corrected chi connectivity index (χ4v) is 4.04. The molecule has 1 aromatic heterocycles. The molecule has 26 heavy (non-hydrogen) atoms. The third-order valence-electron chi connectivity index (χ3n) is 5.52. The van der Waals surface area contributed by atoms with Gasteiger partial charge in [-0.3, -0.25) is 4.79 Å². The molecule has 1 aliphatic heterocycles. The average molecular weight is 356 g/mol. The molecular weight excluding hydrogens is 332 g/mol. The van der Waals surface area contributed by atoms with Gasteiger partial charge >= 0.3 is 5.97 Å². The molecular formula is C19H24N4O3. The minimum Gasteiger partial charge on any atom is -0.477 e. The first-order chi connectivity index (χ1) is 12.4. The Morgan fingerprint density at radius 3 is 2.42 bits per heavy atom. The highest BCUT2D eigenvalue weighted by atomic mass is 16.4. The largest absolute Gasteiger partial charge is 0.477 e. The summed E-state index contributed by atoms with van der Waals surface area (Å²) < 4.78 is 1.84. The topological polar surface area (TPSA) is 91.8 Å². The van der Waals surface area contributed by atoms with Crippen molar-refractivity contribution in [2.75, 3.05) is 43.9 Å². The number of carbonyl (C=O) groups is 1. The first-order valence-electron chi connectivity index (χ1n) is 9.03. The molecule has 0 spiro atoms. The normalized spacial score (nSPS) is 18.5. The van der Waals surface area contributed by atoms with E-state index >= 15 is 0 Å². The van der Waals surface area contributed by atoms with Crippen LogP contribution in [-0.2, 0) is 0 Å². The summed E-state index contributed by atoms with van der Waals surface area (Å²) in [7, 11) is 2.10. The predicted octanol–water partition coefficient (Wildman–Crippen LogP) is 1.68. The molecule has 2 aliphatic rings. The van der Waals surface area contributed by atoms with E-state index in [1.54, 1.807) is 6.07 Å². The molecule has 3 N–H and O–H groups in total. The van der Waals surface area contributed by atoms with Crippen LogP contribution in [0.3, 0.4) is 0 Å². The summed E-state index contributed by atoms with van der Waals surface area (Å²) in [6, 6.07) is 3.10. The second-order valence-corrected chi connectivity index (χ2v) is 7.43. The highest BCUT2D eigenvalue weighted by molar-refractivity contribution is 5.97. The molecule has 2 fully saturated rings. The summed E-state index contributed by atoms with van der Waals surface area (Å²) in [5.74, 6) is -1.06. The Balaban J connectivity index is 1.99. The molecule has 1 saturated heterocycles. The summed E-state index contributed by atoms with van der Waals surface area (Å²) in [5.41, 5.74) is 9.27. The minimum absolute atomic E-state index is 0.0715. The third kappa shape index (κ3) is 2.63. The van der Waals surface area contributed by atoms with E-state index in [9.17, 15) is 14.7 Å². The van der Waals surface area contributed by atoms with Crippen LogP contribution in [0.15, 0.2) is 16.9 Å². The second kappa shape index (κ2) is 6.02. The van der Waals surface area contributed by atoms with Crippen LogP contribution in [-0.4, -0.2) is 53.8 Å². The van der Waals surface area contributed by atoms with Gasteiger partial charge in [-0.05, 0) is 38.4 Å². The van der Waals surface area contributed by atoms with Crippen molar-refractivity contribution in [2.24, 2.45) is 0 Å². The molecule has 0 radical (unpaired) electrons. The number of nitrogens with two attached hydrogens (primary N) is 1. The van der Waals surface area contributed by atoms with E-state index in [1.165, 1.54) is 6.07 Å². The number of piperazine rings is 1. The Labute approximate surface area is 151 Å². The molecule has 1 aromatic carbocycles. The molecule has 0 unspecified atom stereocenters. The number of benzene rings is 1. The lowest BCUT2D eigenvalue weighted by Gasteiger charge is -2.36. The predicted molar refractivity (Wildman–Crippen MR) is 102 cm³/mol. The maximum absolute atomic E-state index is 12.6. The molecule has 1 saturated carbocycles. The Morgan fingerprint density at radius 2 is 1.85 bits per heavy atom. The van der Waals surface area contributed by atoms with Crippen molar-refractivity contribution in [2.45, 2.75) is 25.8 Å². The van der Waals surface area contributed by atoms with Crippen molar-refractivity contribution < 1.29 is 9.90 Å². The molecule has 0 atom stereocenters. The molecule has 0 amide bonds. The summed E-state index contributed by atoms with van der Waals surface area (Å²) >= 11 is 0. The molecule has 1 aliphatic carbocycles. The molecule has 2 heterocycles. The monoisotopic (exact) mass is 356 g/mol. The lowest BCUT2D eigenvalue weighted by atomic mass is 10.0. The Morgan fingerprint density at radius 1 is 1.19 bits per heavy atom. The minimum atomic E-state index is -1.06. The lowest BCUT2D eigenvalue weighted by Crippen LogP contribution is -2.45. The van der Waals surface area contributed by atoms with Crippen LogP contribution < -0.4 is 16.1 Å². The van der Waals surface area contributed by atoms with Crippen molar-refractivity contribution in [1.82, 2.24) is 9.47 Å². The van der Waals surface area contributed by atoms with Gasteiger partial charge in [0.1, 0.15) is 5.69 Å². The number of aromatic nitrogens is 1. The summed E-state index contributed by atoms with van der Waals surface area (Å²) in [6.45, 7) is 5.57. The molecule has 138 valence electrons. The number of likely N-dealkylation sites (N-methyl/N-ethyl adjacent to an activating group) is 1. The fraction of sp³-hybridized carbons (Fsp3) is 0.474. The molecule has 2 aromatic rings. The van der Waals surface area contributed by atoms with Crippen LogP contribution in [0.5, 0.6) is 0 Å². The zero-order chi connectivity index (χ0) is 18.6. The summed E-state index contributed by atoms with van der Waals surface area (Å²) in [4.78, 5) is 28.9. The van der Waals surface area contributed by atoms with Crippen LogP contribution >= 0.6 is 0 Å². The maximum atomic E-state index is 12.6. The highest BCUT2D eigenvalue weighted by Crippen LogP contribution is 2.41. The van der Waals surface area contributed by atoms with Crippen LogP contribution in [0.1, 0.15) is 34.9 Å². The van der Waals surface area contributed by atoms with Gasteiger partial charge in [-0.2, -0.15) is 0 Å². The van der Waals surface area contributed by atoms with Gasteiger partial charge in [0.2, 0.25) is 0 Å². The van der Waals surface area contributed by atoms with Crippen LogP contribution in [0, 0.1) is 6.92 Å². The van der Waals surface area contributed by atoms with E-state index in [0.29, 0.717) is 11.1 Å². The molecule has 0 bridgehead atoms. The van der Waals surface area contributed by atoms with E-state index in [4.69, 9.17) is 5.73 Å². The molecule has 7 heteroatoms. The maximum Gasteiger partial charge on any atom is 0.352 e. The Kier molecular flexibility index (Phi) is 3.91. The van der Waals surface area contributed by atoms with Gasteiger partial charge in [-0.15, -0.1) is 0 Å². The molecule has 7 nitrogen and oxygen atoms in total. The van der Waals surface area contributed by atoms with Gasteiger partial charge in [0.15, 0.2) is 5.43 Å². The van der Waals surface area contributed by atoms with E-state index in [1.807, 2.05) is 11.5 Å². The quantitative estimate of drug-likeness (QED) is 0.813. The number of carboxylic acid groups (broad SMARTS) is 1. The van der Waals surface area contributed by atoms with Crippen LogP contribution in [0.2, 0.25) is 0 Å². The number of nitrogens with zero attached hydrogens (tertiary/aromatic N) is 3. The first kappa shape index (κ1) is 16.9. The number of hydrogen-bond donors (Lipinski definition) is 2. The Hall–Kier alpha value is -2.54. The zero-order valence-electron chi connectivity index (χ0n) is 15.2. The lowest BCUT2D eigenvalue weighted by molar-refractivity contribution is 0.0684. The SMILES string of the molecule is Cc1c(N2CCN(C)CC2)c(N)cc2c(=O)cc(C(=O)O)n(C3CC3)c12. The number of rotatable bonds is 3. The van der Waals surface area contributed by atoms with Crippen molar-refractivity contribution in [3.8, 4) is 0 Å². The van der Waals surface area contributed by atoms with Crippen LogP contribution in [0.4, 0.5) is 11.4 Å². The smallest absolute Gasteiger partial charge is 0.352 e. The Bertz CT molecular complexity index is 954. The van der Waals surface area contributed by atoms with Crippen molar-refractivity contribution in [1.29, 1.82) is 0 Å². The van der Waals surface area contributed by atoms with Gasteiger partial charge in [-0.1, -0.05) is 0 Å². The second-order valence-electron chi connectivity index (χ2n) is 7.43. The highest BCUT2D eigenvalue weighted by Gasteiger charge is 2.31. The van der Waals surface area contributed by atoms with Gasteiger partial charge in [0.25, 0.3) is 0 Å². The number of fused-ring (bicyclic) bond motifs is 1. The first-order valence-corrected chi connectivity index (χ1v) is 9.03. The standard InChI is InChI=1S/C19H24N4O3/c1-11-17-13(9-14(20)18(11)22-7-5-21(2)6-8-22)16(24)10-15(19(25)26)23(17)12-3-4-12/h9-10,12H,3-8,20H2,1-2H3,(H,25,26). The number of pyridine rings is 1.